The van der Waals surface area contributed by atoms with Crippen molar-refractivity contribution in [2.24, 2.45) is 0 Å². The average Bonchev–Trinajstić information content (AvgIpc) is 2.16. The van der Waals surface area contributed by atoms with Gasteiger partial charge < -0.3 is 5.73 Å². The van der Waals surface area contributed by atoms with Crippen molar-refractivity contribution < 1.29 is 0 Å². The lowest BCUT2D eigenvalue weighted by molar-refractivity contribution is 1.11. The molecule has 0 aliphatic rings. The fourth-order valence-electron chi connectivity index (χ4n) is 1.48. The maximum absolute atomic E-state index is 5.61. The summed E-state index contributed by atoms with van der Waals surface area (Å²) >= 11 is 0. The van der Waals surface area contributed by atoms with Gasteiger partial charge in [-0.3, -0.25) is 4.98 Å². The molecular formula is C11H12N4. The lowest BCUT2D eigenvalue weighted by atomic mass is 10.2. The highest BCUT2D eigenvalue weighted by Crippen LogP contribution is 2.16. The van der Waals surface area contributed by atoms with E-state index in [-0.39, 0.29) is 0 Å². The van der Waals surface area contributed by atoms with Crippen molar-refractivity contribution in [3.05, 3.63) is 35.8 Å². The minimum absolute atomic E-state index is 0.479. The summed E-state index contributed by atoms with van der Waals surface area (Å²) in [6.45, 7) is 3.89. The summed E-state index contributed by atoms with van der Waals surface area (Å²) < 4.78 is 0. The predicted octanol–water partition coefficient (Wildman–Crippen LogP) is 1.74. The van der Waals surface area contributed by atoms with E-state index in [0.29, 0.717) is 11.6 Å². The molecule has 0 aliphatic heterocycles. The highest BCUT2D eigenvalue weighted by molar-refractivity contribution is 5.57. The topological polar surface area (TPSA) is 64.7 Å². The van der Waals surface area contributed by atoms with Gasteiger partial charge in [0, 0.05) is 23.1 Å². The molecule has 0 aromatic carbocycles. The molecule has 0 unspecified atom stereocenters. The molecule has 0 bridgehead atoms. The van der Waals surface area contributed by atoms with E-state index in [2.05, 4.69) is 15.0 Å². The third-order valence-electron chi connectivity index (χ3n) is 2.02. The van der Waals surface area contributed by atoms with Crippen molar-refractivity contribution in [2.75, 3.05) is 5.73 Å². The van der Waals surface area contributed by atoms with E-state index < -0.39 is 0 Å². The Morgan fingerprint density at radius 1 is 1.07 bits per heavy atom. The zero-order valence-electron chi connectivity index (χ0n) is 8.73. The molecule has 0 radical (unpaired) electrons. The van der Waals surface area contributed by atoms with E-state index in [1.807, 2.05) is 26.0 Å². The van der Waals surface area contributed by atoms with E-state index in [0.717, 1.165) is 17.0 Å². The highest BCUT2D eigenvalue weighted by Gasteiger charge is 2.03. The van der Waals surface area contributed by atoms with E-state index in [9.17, 15) is 0 Å². The summed E-state index contributed by atoms with van der Waals surface area (Å²) in [6.07, 6.45) is 1.66. The van der Waals surface area contributed by atoms with Gasteiger partial charge in [0.2, 0.25) is 0 Å². The third-order valence-corrected chi connectivity index (χ3v) is 2.02. The number of nitrogens with zero attached hydrogens (tertiary/aromatic N) is 3. The van der Waals surface area contributed by atoms with Crippen LogP contribution in [0.1, 0.15) is 11.4 Å². The SMILES string of the molecule is Cc1cc(-c2nccc(N)n2)cc(C)n1. The molecular weight excluding hydrogens is 188 g/mol. The number of hydrogen-bond acceptors (Lipinski definition) is 4. The van der Waals surface area contributed by atoms with Crippen LogP contribution in [0.25, 0.3) is 11.4 Å². The predicted molar refractivity (Wildman–Crippen MR) is 59.1 cm³/mol. The Hall–Kier alpha value is -1.97. The van der Waals surface area contributed by atoms with Crippen molar-refractivity contribution >= 4 is 5.82 Å². The largest absolute Gasteiger partial charge is 0.384 e. The minimum Gasteiger partial charge on any atom is -0.384 e. The summed E-state index contributed by atoms with van der Waals surface area (Å²) in [7, 11) is 0. The number of aryl methyl sites for hydroxylation is 2. The van der Waals surface area contributed by atoms with Gasteiger partial charge in [-0.05, 0) is 32.0 Å². The van der Waals surface area contributed by atoms with Crippen LogP contribution in [0.4, 0.5) is 5.82 Å². The fourth-order valence-corrected chi connectivity index (χ4v) is 1.48. The van der Waals surface area contributed by atoms with Crippen LogP contribution in [-0.2, 0) is 0 Å². The van der Waals surface area contributed by atoms with Crippen molar-refractivity contribution in [2.45, 2.75) is 13.8 Å². The summed E-state index contributed by atoms with van der Waals surface area (Å²) in [5.74, 6) is 1.12. The van der Waals surface area contributed by atoms with Gasteiger partial charge in [0.25, 0.3) is 0 Å². The molecule has 15 heavy (non-hydrogen) atoms. The number of nitrogen functional groups attached to an aromatic ring is 1. The maximum atomic E-state index is 5.61. The lowest BCUT2D eigenvalue weighted by Crippen LogP contribution is -1.96. The summed E-state index contributed by atoms with van der Waals surface area (Å²) in [5, 5.41) is 0. The number of anilines is 1. The molecule has 0 fully saturated rings. The fraction of sp³-hybridized carbons (Fsp3) is 0.182. The molecule has 0 aliphatic carbocycles. The Labute approximate surface area is 88.2 Å². The van der Waals surface area contributed by atoms with E-state index in [1.165, 1.54) is 0 Å². The van der Waals surface area contributed by atoms with Crippen LogP contribution in [0.15, 0.2) is 24.4 Å². The second-order valence-corrected chi connectivity index (χ2v) is 3.44. The Kier molecular flexibility index (Phi) is 2.33. The van der Waals surface area contributed by atoms with Crippen LogP contribution in [-0.4, -0.2) is 15.0 Å². The third kappa shape index (κ3) is 2.10. The van der Waals surface area contributed by atoms with Gasteiger partial charge in [-0.15, -0.1) is 0 Å². The van der Waals surface area contributed by atoms with E-state index >= 15 is 0 Å². The molecule has 2 heterocycles. The van der Waals surface area contributed by atoms with Gasteiger partial charge >= 0.3 is 0 Å². The summed E-state index contributed by atoms with van der Waals surface area (Å²) in [6, 6.07) is 5.56. The molecule has 2 rings (SSSR count). The van der Waals surface area contributed by atoms with Crippen LogP contribution in [0.5, 0.6) is 0 Å². The first-order chi connectivity index (χ1) is 7.15. The highest BCUT2D eigenvalue weighted by atomic mass is 14.9. The van der Waals surface area contributed by atoms with Gasteiger partial charge in [0.1, 0.15) is 5.82 Å². The molecule has 0 atom stereocenters. The normalized spacial score (nSPS) is 10.3. The van der Waals surface area contributed by atoms with Gasteiger partial charge in [0.15, 0.2) is 5.82 Å². The molecule has 2 aromatic heterocycles. The van der Waals surface area contributed by atoms with Gasteiger partial charge in [-0.2, -0.15) is 0 Å². The Morgan fingerprint density at radius 2 is 1.73 bits per heavy atom. The zero-order chi connectivity index (χ0) is 10.8. The Balaban J connectivity index is 2.54. The maximum Gasteiger partial charge on any atom is 0.161 e. The van der Waals surface area contributed by atoms with Gasteiger partial charge in [-0.1, -0.05) is 0 Å². The van der Waals surface area contributed by atoms with Gasteiger partial charge in [-0.25, -0.2) is 9.97 Å². The monoisotopic (exact) mass is 200 g/mol. The average molecular weight is 200 g/mol. The molecule has 0 saturated heterocycles. The molecule has 0 saturated carbocycles. The number of hydrogen-bond donors (Lipinski definition) is 1. The summed E-state index contributed by atoms with van der Waals surface area (Å²) in [5.41, 5.74) is 8.47. The Bertz CT molecular complexity index is 473. The molecule has 4 nitrogen and oxygen atoms in total. The van der Waals surface area contributed by atoms with Crippen molar-refractivity contribution in [3.8, 4) is 11.4 Å². The standard InChI is InChI=1S/C11H12N4/c1-7-5-9(6-8(2)14-7)11-13-4-3-10(12)15-11/h3-6H,1-2H3,(H2,12,13,15). The van der Waals surface area contributed by atoms with Crippen LogP contribution < -0.4 is 5.73 Å². The number of nitrogens with two attached hydrogens (primary N) is 1. The quantitative estimate of drug-likeness (QED) is 0.761. The first kappa shape index (κ1) is 9.58. The van der Waals surface area contributed by atoms with Crippen molar-refractivity contribution in [1.82, 2.24) is 15.0 Å². The molecule has 0 amide bonds. The summed E-state index contributed by atoms with van der Waals surface area (Å²) in [4.78, 5) is 12.6. The van der Waals surface area contributed by atoms with Crippen LogP contribution in [0.2, 0.25) is 0 Å². The number of aromatic nitrogens is 3. The van der Waals surface area contributed by atoms with Gasteiger partial charge in [0.05, 0.1) is 0 Å². The van der Waals surface area contributed by atoms with Crippen molar-refractivity contribution in [1.29, 1.82) is 0 Å². The smallest absolute Gasteiger partial charge is 0.161 e. The number of pyridine rings is 1. The molecule has 2 N–H and O–H groups in total. The minimum atomic E-state index is 0.479. The van der Waals surface area contributed by atoms with Crippen molar-refractivity contribution in [3.63, 3.8) is 0 Å². The van der Waals surface area contributed by atoms with E-state index in [4.69, 9.17) is 5.73 Å². The zero-order valence-corrected chi connectivity index (χ0v) is 8.73. The second kappa shape index (κ2) is 3.65. The first-order valence-electron chi connectivity index (χ1n) is 4.69. The second-order valence-electron chi connectivity index (χ2n) is 3.44. The van der Waals surface area contributed by atoms with Crippen LogP contribution >= 0.6 is 0 Å². The molecule has 0 spiro atoms. The van der Waals surface area contributed by atoms with Crippen LogP contribution in [0, 0.1) is 13.8 Å². The first-order valence-corrected chi connectivity index (χ1v) is 4.69. The van der Waals surface area contributed by atoms with E-state index in [1.54, 1.807) is 12.3 Å². The molecule has 2 aromatic rings. The lowest BCUT2D eigenvalue weighted by Gasteiger charge is -2.03. The molecule has 76 valence electrons. The van der Waals surface area contributed by atoms with Crippen LogP contribution in [0.3, 0.4) is 0 Å². The molecule has 4 heteroatoms. The Morgan fingerprint density at radius 3 is 2.33 bits per heavy atom. The number of rotatable bonds is 1.